The molecule has 0 saturated heterocycles. The summed E-state index contributed by atoms with van der Waals surface area (Å²) in [5.74, 6) is -0.470. The molecule has 2 aromatic rings. The van der Waals surface area contributed by atoms with E-state index in [1.807, 2.05) is 18.0 Å². The monoisotopic (exact) mass is 443 g/mol. The Kier molecular flexibility index (Phi) is 8.01. The van der Waals surface area contributed by atoms with E-state index >= 15 is 0 Å². The molecule has 2 heterocycles. The highest BCUT2D eigenvalue weighted by atomic mass is 19.1. The van der Waals surface area contributed by atoms with E-state index in [1.165, 1.54) is 19.1 Å². The number of aryl methyl sites for hydroxylation is 2. The summed E-state index contributed by atoms with van der Waals surface area (Å²) < 4.78 is 15.9. The maximum absolute atomic E-state index is 14.1. The van der Waals surface area contributed by atoms with Gasteiger partial charge in [0.05, 0.1) is 5.69 Å². The normalized spacial score (nSPS) is 16.1. The number of nitrogens with zero attached hydrogens (tertiary/aromatic N) is 5. The number of halogens is 1. The average molecular weight is 444 g/mol. The van der Waals surface area contributed by atoms with Gasteiger partial charge in [-0.3, -0.25) is 19.2 Å². The number of fused-ring (bicyclic) bond motifs is 1. The van der Waals surface area contributed by atoms with Crippen LogP contribution in [0.5, 0.6) is 0 Å². The van der Waals surface area contributed by atoms with E-state index in [9.17, 15) is 14.0 Å². The fourth-order valence-corrected chi connectivity index (χ4v) is 4.22. The van der Waals surface area contributed by atoms with Crippen LogP contribution in [0.3, 0.4) is 0 Å². The molecular formula is C24H34FN5O2. The van der Waals surface area contributed by atoms with Crippen molar-refractivity contribution < 1.29 is 14.0 Å². The smallest absolute Gasteiger partial charge is 0.223 e. The molecule has 0 atom stereocenters. The van der Waals surface area contributed by atoms with Gasteiger partial charge in [-0.15, -0.1) is 0 Å². The molecule has 1 aliphatic heterocycles. The van der Waals surface area contributed by atoms with Crippen molar-refractivity contribution in [2.45, 2.75) is 52.6 Å². The van der Waals surface area contributed by atoms with Crippen molar-refractivity contribution in [3.05, 3.63) is 47.5 Å². The van der Waals surface area contributed by atoms with Gasteiger partial charge in [-0.25, -0.2) is 4.39 Å². The van der Waals surface area contributed by atoms with Crippen molar-refractivity contribution in [3.8, 4) is 0 Å². The first-order valence-electron chi connectivity index (χ1n) is 11.3. The average Bonchev–Trinajstić information content (AvgIpc) is 3.13. The molecule has 174 valence electrons. The molecular weight excluding hydrogens is 409 g/mol. The number of hydrogen-bond acceptors (Lipinski definition) is 4. The summed E-state index contributed by atoms with van der Waals surface area (Å²) in [6, 6.07) is 6.75. The molecule has 32 heavy (non-hydrogen) atoms. The van der Waals surface area contributed by atoms with E-state index < -0.39 is 0 Å². The number of amides is 2. The minimum atomic E-state index is -0.386. The second-order valence-corrected chi connectivity index (χ2v) is 8.69. The molecule has 0 spiro atoms. The quantitative estimate of drug-likeness (QED) is 0.729. The molecule has 0 bridgehead atoms. The number of carbonyl (C=O) groups excluding carboxylic acids is 2. The predicted molar refractivity (Wildman–Crippen MR) is 123 cm³/mol. The van der Waals surface area contributed by atoms with Gasteiger partial charge in [0.2, 0.25) is 11.8 Å². The van der Waals surface area contributed by atoms with Crippen LogP contribution in [-0.2, 0) is 29.6 Å². The third kappa shape index (κ3) is 5.94. The molecule has 3 rings (SSSR count). The van der Waals surface area contributed by atoms with Gasteiger partial charge in [-0.1, -0.05) is 6.07 Å². The molecule has 1 aliphatic rings. The van der Waals surface area contributed by atoms with Gasteiger partial charge < -0.3 is 9.80 Å². The first-order chi connectivity index (χ1) is 15.3. The van der Waals surface area contributed by atoms with E-state index in [2.05, 4.69) is 23.8 Å². The molecule has 0 radical (unpaired) electrons. The first kappa shape index (κ1) is 23.9. The van der Waals surface area contributed by atoms with Crippen LogP contribution in [0, 0.1) is 5.82 Å². The molecule has 0 saturated carbocycles. The fourth-order valence-electron chi connectivity index (χ4n) is 4.22. The lowest BCUT2D eigenvalue weighted by Gasteiger charge is -2.30. The molecule has 0 fully saturated rings. The molecule has 0 N–H and O–H groups in total. The fraction of sp³-hybridized carbons (Fsp3) is 0.542. The van der Waals surface area contributed by atoms with Crippen molar-refractivity contribution in [1.82, 2.24) is 19.6 Å². The Morgan fingerprint density at radius 1 is 1.12 bits per heavy atom. The van der Waals surface area contributed by atoms with Gasteiger partial charge in [-0.05, 0) is 50.5 Å². The molecule has 0 aliphatic carbocycles. The maximum Gasteiger partial charge on any atom is 0.223 e. The van der Waals surface area contributed by atoms with Crippen LogP contribution >= 0.6 is 0 Å². The van der Waals surface area contributed by atoms with E-state index in [0.717, 1.165) is 30.8 Å². The lowest BCUT2D eigenvalue weighted by Crippen LogP contribution is -2.41. The van der Waals surface area contributed by atoms with Crippen molar-refractivity contribution in [2.75, 3.05) is 31.1 Å². The number of hydrogen-bond donors (Lipinski definition) is 0. The van der Waals surface area contributed by atoms with Crippen LogP contribution in [-0.4, -0.2) is 63.6 Å². The molecule has 8 heteroatoms. The van der Waals surface area contributed by atoms with Crippen molar-refractivity contribution in [2.24, 2.45) is 7.05 Å². The SMILES string of the molecule is CC(=O)N1CCCN(C(C)C)CCN(C(=O)CCc2ccnn2C)Cc2ccc(F)cc21. The predicted octanol–water partition coefficient (Wildman–Crippen LogP) is 2.99. The van der Waals surface area contributed by atoms with Crippen LogP contribution in [0.15, 0.2) is 30.5 Å². The highest BCUT2D eigenvalue weighted by Crippen LogP contribution is 2.25. The summed E-state index contributed by atoms with van der Waals surface area (Å²) in [7, 11) is 1.87. The maximum atomic E-state index is 14.1. The summed E-state index contributed by atoms with van der Waals surface area (Å²) in [5.41, 5.74) is 2.35. The summed E-state index contributed by atoms with van der Waals surface area (Å²) in [6.07, 6.45) is 3.49. The van der Waals surface area contributed by atoms with Gasteiger partial charge >= 0.3 is 0 Å². The van der Waals surface area contributed by atoms with E-state index in [-0.39, 0.29) is 17.6 Å². The van der Waals surface area contributed by atoms with Gasteiger partial charge in [-0.2, -0.15) is 5.10 Å². The number of rotatable bonds is 4. The van der Waals surface area contributed by atoms with Crippen molar-refractivity contribution in [1.29, 1.82) is 0 Å². The van der Waals surface area contributed by atoms with E-state index in [0.29, 0.717) is 44.2 Å². The molecule has 2 amide bonds. The van der Waals surface area contributed by atoms with Gasteiger partial charge in [0.1, 0.15) is 5.82 Å². The minimum Gasteiger partial charge on any atom is -0.337 e. The van der Waals surface area contributed by atoms with Crippen molar-refractivity contribution in [3.63, 3.8) is 0 Å². The molecule has 1 aromatic carbocycles. The molecule has 7 nitrogen and oxygen atoms in total. The van der Waals surface area contributed by atoms with Crippen LogP contribution in [0.4, 0.5) is 10.1 Å². The van der Waals surface area contributed by atoms with Crippen LogP contribution < -0.4 is 4.90 Å². The first-order valence-corrected chi connectivity index (χ1v) is 11.3. The Hall–Kier alpha value is -2.74. The van der Waals surface area contributed by atoms with Gasteiger partial charge in [0.15, 0.2) is 0 Å². The number of aromatic nitrogens is 2. The lowest BCUT2D eigenvalue weighted by molar-refractivity contribution is -0.132. The third-order valence-electron chi connectivity index (χ3n) is 6.16. The number of anilines is 1. The largest absolute Gasteiger partial charge is 0.337 e. The van der Waals surface area contributed by atoms with Crippen LogP contribution in [0.25, 0.3) is 0 Å². The highest BCUT2D eigenvalue weighted by Gasteiger charge is 2.23. The van der Waals surface area contributed by atoms with Crippen LogP contribution in [0.2, 0.25) is 0 Å². The zero-order chi connectivity index (χ0) is 23.3. The third-order valence-corrected chi connectivity index (χ3v) is 6.16. The van der Waals surface area contributed by atoms with Crippen LogP contribution in [0.1, 0.15) is 44.9 Å². The lowest BCUT2D eigenvalue weighted by atomic mass is 10.1. The number of benzene rings is 1. The Bertz CT molecular complexity index is 942. The molecule has 1 aromatic heterocycles. The number of carbonyl (C=O) groups is 2. The summed E-state index contributed by atoms with van der Waals surface area (Å²) >= 11 is 0. The second-order valence-electron chi connectivity index (χ2n) is 8.69. The second kappa shape index (κ2) is 10.7. The highest BCUT2D eigenvalue weighted by molar-refractivity contribution is 5.92. The van der Waals surface area contributed by atoms with Gasteiger partial charge in [0, 0.05) is 71.0 Å². The van der Waals surface area contributed by atoms with Crippen molar-refractivity contribution >= 4 is 17.5 Å². The summed E-state index contributed by atoms with van der Waals surface area (Å²) in [5, 5.41) is 4.17. The standard InChI is InChI=1S/C24H34FN5O2/c1-18(2)28-12-5-13-30(19(3)31)23-16-21(25)7-6-20(23)17-29(15-14-28)24(32)9-8-22-10-11-26-27(22)4/h6-7,10-11,16,18H,5,8-9,12-15,17H2,1-4H3. The molecule has 0 unspecified atom stereocenters. The zero-order valence-corrected chi connectivity index (χ0v) is 19.6. The topological polar surface area (TPSA) is 61.7 Å². The Labute approximate surface area is 189 Å². The van der Waals surface area contributed by atoms with E-state index in [4.69, 9.17) is 0 Å². The Morgan fingerprint density at radius 3 is 2.56 bits per heavy atom. The Balaban J connectivity index is 1.89. The minimum absolute atomic E-state index is 0.0406. The summed E-state index contributed by atoms with van der Waals surface area (Å²) in [4.78, 5) is 31.5. The summed E-state index contributed by atoms with van der Waals surface area (Å²) in [6.45, 7) is 8.79. The Morgan fingerprint density at radius 2 is 1.91 bits per heavy atom. The van der Waals surface area contributed by atoms with E-state index in [1.54, 1.807) is 21.8 Å². The zero-order valence-electron chi connectivity index (χ0n) is 19.6. The van der Waals surface area contributed by atoms with Gasteiger partial charge in [0.25, 0.3) is 0 Å².